The van der Waals surface area contributed by atoms with Crippen LogP contribution >= 0.6 is 11.3 Å². The Morgan fingerprint density at radius 3 is 2.72 bits per heavy atom. The number of amides is 1. The molecule has 5 rings (SSSR count). The molecule has 1 atom stereocenters. The van der Waals surface area contributed by atoms with E-state index < -0.39 is 16.1 Å². The van der Waals surface area contributed by atoms with Gasteiger partial charge in [-0.3, -0.25) is 4.79 Å². The molecule has 8 heteroatoms. The molecular weight excluding hydrogens is 444 g/mol. The van der Waals surface area contributed by atoms with Gasteiger partial charge in [-0.25, -0.2) is 8.42 Å². The number of sulfonamides is 1. The Bertz CT molecular complexity index is 1220. The summed E-state index contributed by atoms with van der Waals surface area (Å²) in [6, 6.07) is 17.0. The Morgan fingerprint density at radius 1 is 1.12 bits per heavy atom. The second kappa shape index (κ2) is 8.69. The minimum atomic E-state index is -3.63. The first-order chi connectivity index (χ1) is 15.5. The molecule has 0 saturated carbocycles. The van der Waals surface area contributed by atoms with Gasteiger partial charge in [0.1, 0.15) is 16.0 Å². The molecular formula is C24H24N2O4S2. The van der Waals surface area contributed by atoms with Crippen molar-refractivity contribution in [2.45, 2.75) is 36.1 Å². The maximum Gasteiger partial charge on any atom is 0.253 e. The molecule has 1 saturated heterocycles. The van der Waals surface area contributed by atoms with Crippen LogP contribution in [0.25, 0.3) is 11.1 Å². The number of nitrogens with zero attached hydrogens (tertiary/aromatic N) is 1. The fourth-order valence-electron chi connectivity index (χ4n) is 4.30. The van der Waals surface area contributed by atoms with Crippen molar-refractivity contribution in [3.8, 4) is 16.9 Å². The number of carbonyl (C=O) groups excluding carboxylic acids is 1. The molecule has 1 unspecified atom stereocenters. The van der Waals surface area contributed by atoms with Gasteiger partial charge in [0.2, 0.25) is 5.91 Å². The summed E-state index contributed by atoms with van der Waals surface area (Å²) in [5, 5.41) is 4.66. The zero-order valence-corrected chi connectivity index (χ0v) is 19.1. The molecule has 1 amide bonds. The zero-order chi connectivity index (χ0) is 22.1. The normalized spacial score (nSPS) is 18.3. The van der Waals surface area contributed by atoms with Gasteiger partial charge in [-0.15, -0.1) is 11.3 Å². The fourth-order valence-corrected chi connectivity index (χ4v) is 7.08. The summed E-state index contributed by atoms with van der Waals surface area (Å²) >= 11 is 1.18. The van der Waals surface area contributed by atoms with E-state index in [1.807, 2.05) is 30.3 Å². The Kier molecular flexibility index (Phi) is 5.75. The number of fused-ring (bicyclic) bond motifs is 1. The van der Waals surface area contributed by atoms with Crippen LogP contribution in [0.2, 0.25) is 0 Å². The Balaban J connectivity index is 1.23. The highest BCUT2D eigenvalue weighted by molar-refractivity contribution is 7.91. The number of nitrogens with one attached hydrogen (secondary N) is 1. The number of rotatable bonds is 6. The summed E-state index contributed by atoms with van der Waals surface area (Å²) in [7, 11) is -3.63. The van der Waals surface area contributed by atoms with Crippen LogP contribution in [0.4, 0.5) is 0 Å². The highest BCUT2D eigenvalue weighted by atomic mass is 32.2. The first kappa shape index (κ1) is 21.2. The molecule has 6 nitrogen and oxygen atoms in total. The van der Waals surface area contributed by atoms with Gasteiger partial charge < -0.3 is 10.1 Å². The molecule has 0 aliphatic carbocycles. The van der Waals surface area contributed by atoms with Crippen LogP contribution in [0.3, 0.4) is 0 Å². The van der Waals surface area contributed by atoms with Crippen molar-refractivity contribution in [2.75, 3.05) is 13.2 Å². The molecule has 3 heterocycles. The van der Waals surface area contributed by atoms with Crippen molar-refractivity contribution in [3.05, 3.63) is 71.1 Å². The first-order valence-corrected chi connectivity index (χ1v) is 13.0. The third-order valence-corrected chi connectivity index (χ3v) is 9.29. The predicted molar refractivity (Wildman–Crippen MR) is 124 cm³/mol. The molecule has 2 aliphatic heterocycles. The summed E-state index contributed by atoms with van der Waals surface area (Å²) < 4.78 is 33.0. The van der Waals surface area contributed by atoms with E-state index in [1.165, 1.54) is 21.2 Å². The fraction of sp³-hybridized carbons (Fsp3) is 0.292. The SMILES string of the molecule is O=C(NCc1ccc(-c2ccc3c(c2)CCO3)cc1)C1CCCN1S(=O)(=O)c1cccs1. The van der Waals surface area contributed by atoms with Crippen molar-refractivity contribution < 1.29 is 17.9 Å². The lowest BCUT2D eigenvalue weighted by atomic mass is 10.0. The molecule has 0 bridgehead atoms. The van der Waals surface area contributed by atoms with E-state index in [0.29, 0.717) is 25.9 Å². The number of ether oxygens (including phenoxy) is 1. The average Bonchev–Trinajstić information content (AvgIpc) is 3.58. The second-order valence-corrected chi connectivity index (χ2v) is 11.1. The quantitative estimate of drug-likeness (QED) is 0.597. The van der Waals surface area contributed by atoms with E-state index in [9.17, 15) is 13.2 Å². The van der Waals surface area contributed by atoms with Crippen molar-refractivity contribution in [2.24, 2.45) is 0 Å². The average molecular weight is 469 g/mol. The van der Waals surface area contributed by atoms with E-state index in [1.54, 1.807) is 17.5 Å². The highest BCUT2D eigenvalue weighted by Gasteiger charge is 2.39. The van der Waals surface area contributed by atoms with Gasteiger partial charge in [-0.1, -0.05) is 36.4 Å². The monoisotopic (exact) mass is 468 g/mol. The summed E-state index contributed by atoms with van der Waals surface area (Å²) in [6.45, 7) is 1.48. The van der Waals surface area contributed by atoms with E-state index in [-0.39, 0.29) is 10.1 Å². The minimum Gasteiger partial charge on any atom is -0.493 e. The molecule has 0 radical (unpaired) electrons. The smallest absolute Gasteiger partial charge is 0.253 e. The van der Waals surface area contributed by atoms with Crippen molar-refractivity contribution in [3.63, 3.8) is 0 Å². The molecule has 0 spiro atoms. The molecule has 3 aromatic rings. The second-order valence-electron chi connectivity index (χ2n) is 8.04. The van der Waals surface area contributed by atoms with Gasteiger partial charge in [-0.05, 0) is 58.7 Å². The Morgan fingerprint density at radius 2 is 1.94 bits per heavy atom. The van der Waals surface area contributed by atoms with E-state index in [4.69, 9.17) is 4.74 Å². The summed E-state index contributed by atoms with van der Waals surface area (Å²) in [6.07, 6.45) is 2.16. The lowest BCUT2D eigenvalue weighted by Crippen LogP contribution is -2.45. The summed E-state index contributed by atoms with van der Waals surface area (Å²) in [4.78, 5) is 12.8. The van der Waals surface area contributed by atoms with Crippen LogP contribution in [-0.2, 0) is 27.8 Å². The van der Waals surface area contributed by atoms with Gasteiger partial charge in [0.05, 0.1) is 6.61 Å². The van der Waals surface area contributed by atoms with Crippen LogP contribution in [-0.4, -0.2) is 37.8 Å². The van der Waals surface area contributed by atoms with E-state index >= 15 is 0 Å². The number of benzene rings is 2. The van der Waals surface area contributed by atoms with Crippen LogP contribution in [0.1, 0.15) is 24.0 Å². The Labute approximate surface area is 191 Å². The number of carbonyl (C=O) groups is 1. The first-order valence-electron chi connectivity index (χ1n) is 10.7. The summed E-state index contributed by atoms with van der Waals surface area (Å²) in [5.74, 6) is 0.723. The topological polar surface area (TPSA) is 75.7 Å². The molecule has 1 aromatic heterocycles. The molecule has 1 N–H and O–H groups in total. The molecule has 2 aliphatic rings. The summed E-state index contributed by atoms with van der Waals surface area (Å²) in [5.41, 5.74) is 4.46. The van der Waals surface area contributed by atoms with Crippen molar-refractivity contribution >= 4 is 27.3 Å². The number of hydrogen-bond donors (Lipinski definition) is 1. The largest absolute Gasteiger partial charge is 0.493 e. The van der Waals surface area contributed by atoms with Crippen LogP contribution in [0.5, 0.6) is 5.75 Å². The maximum atomic E-state index is 12.9. The lowest BCUT2D eigenvalue weighted by molar-refractivity contribution is -0.124. The van der Waals surface area contributed by atoms with E-state index in [2.05, 4.69) is 17.4 Å². The third-order valence-electron chi connectivity index (χ3n) is 6.01. The van der Waals surface area contributed by atoms with Crippen LogP contribution < -0.4 is 10.1 Å². The van der Waals surface area contributed by atoms with Gasteiger partial charge in [0.15, 0.2) is 0 Å². The van der Waals surface area contributed by atoms with Crippen LogP contribution in [0.15, 0.2) is 64.2 Å². The highest BCUT2D eigenvalue weighted by Crippen LogP contribution is 2.31. The zero-order valence-electron chi connectivity index (χ0n) is 17.5. The molecule has 1 fully saturated rings. The number of hydrogen-bond acceptors (Lipinski definition) is 5. The van der Waals surface area contributed by atoms with Gasteiger partial charge in [0.25, 0.3) is 10.0 Å². The van der Waals surface area contributed by atoms with Gasteiger partial charge >= 0.3 is 0 Å². The standard InChI is InChI=1S/C24H24N2O4S2/c27-24(21-3-1-12-26(21)32(28,29)23-4-2-14-31-23)25-16-17-5-7-18(8-6-17)19-9-10-22-20(15-19)11-13-30-22/h2,4-10,14-15,21H,1,3,11-13,16H2,(H,25,27). The van der Waals surface area contributed by atoms with Crippen molar-refractivity contribution in [1.29, 1.82) is 0 Å². The molecule has 32 heavy (non-hydrogen) atoms. The Hall–Kier alpha value is -2.68. The number of thiophene rings is 1. The van der Waals surface area contributed by atoms with Gasteiger partial charge in [-0.2, -0.15) is 4.31 Å². The lowest BCUT2D eigenvalue weighted by Gasteiger charge is -2.22. The third kappa shape index (κ3) is 4.05. The maximum absolute atomic E-state index is 12.9. The van der Waals surface area contributed by atoms with Crippen molar-refractivity contribution in [1.82, 2.24) is 9.62 Å². The van der Waals surface area contributed by atoms with E-state index in [0.717, 1.165) is 35.5 Å². The molecule has 166 valence electrons. The van der Waals surface area contributed by atoms with Crippen LogP contribution in [0, 0.1) is 0 Å². The minimum absolute atomic E-state index is 0.245. The molecule has 2 aromatic carbocycles. The predicted octanol–water partition coefficient (Wildman–Crippen LogP) is 3.82. The van der Waals surface area contributed by atoms with Gasteiger partial charge in [0, 0.05) is 19.5 Å².